The number of esters is 1. The molecule has 0 aliphatic carbocycles. The predicted octanol–water partition coefficient (Wildman–Crippen LogP) is 2.39. The number of carbonyl (C=O) groups is 1. The Hall–Kier alpha value is -1.07. The van der Waals surface area contributed by atoms with Crippen molar-refractivity contribution < 1.29 is 19.4 Å². The van der Waals surface area contributed by atoms with Crippen LogP contribution in [0, 0.1) is 0 Å². The van der Waals surface area contributed by atoms with Gasteiger partial charge in [-0.1, -0.05) is 0 Å². The number of carbonyl (C=O) groups excluding carboxylic acids is 1. The Balaban J connectivity index is 2.80. The molecule has 0 aromatic heterocycles. The highest BCUT2D eigenvalue weighted by atomic mass is 79.9. The Bertz CT molecular complexity index is 409. The van der Waals surface area contributed by atoms with Crippen molar-refractivity contribution >= 4 is 21.9 Å². The molecule has 0 bridgehead atoms. The molecular formula is C12H15BrO4. The molecule has 94 valence electrons. The van der Waals surface area contributed by atoms with Crippen LogP contribution in [-0.4, -0.2) is 30.4 Å². The summed E-state index contributed by atoms with van der Waals surface area (Å²) in [5.41, 5.74) is -0.463. The van der Waals surface area contributed by atoms with Crippen LogP contribution in [0.4, 0.5) is 0 Å². The first kappa shape index (κ1) is 14.0. The maximum absolute atomic E-state index is 11.3. The SMILES string of the molecule is COC(=O)c1ccc(OCC(C)(C)O)c(Br)c1. The van der Waals surface area contributed by atoms with Crippen molar-refractivity contribution in [3.63, 3.8) is 0 Å². The third-order valence-electron chi connectivity index (χ3n) is 1.93. The second kappa shape index (κ2) is 5.51. The molecule has 0 saturated heterocycles. The van der Waals surface area contributed by atoms with Crippen LogP contribution in [0.2, 0.25) is 0 Å². The van der Waals surface area contributed by atoms with E-state index in [1.165, 1.54) is 7.11 Å². The van der Waals surface area contributed by atoms with Gasteiger partial charge in [-0.3, -0.25) is 0 Å². The third kappa shape index (κ3) is 4.36. The van der Waals surface area contributed by atoms with E-state index < -0.39 is 11.6 Å². The first-order chi connectivity index (χ1) is 7.83. The summed E-state index contributed by atoms with van der Waals surface area (Å²) in [7, 11) is 1.33. The molecule has 0 unspecified atom stereocenters. The molecule has 0 saturated carbocycles. The molecule has 1 N–H and O–H groups in total. The van der Waals surface area contributed by atoms with E-state index in [0.717, 1.165) is 0 Å². The lowest BCUT2D eigenvalue weighted by atomic mass is 10.1. The summed E-state index contributed by atoms with van der Waals surface area (Å²) in [5, 5.41) is 9.54. The highest BCUT2D eigenvalue weighted by Crippen LogP contribution is 2.27. The average molecular weight is 303 g/mol. The highest BCUT2D eigenvalue weighted by Gasteiger charge is 2.15. The molecule has 1 rings (SSSR count). The fourth-order valence-electron chi connectivity index (χ4n) is 1.12. The van der Waals surface area contributed by atoms with E-state index in [1.807, 2.05) is 0 Å². The summed E-state index contributed by atoms with van der Waals surface area (Å²) < 4.78 is 10.7. The Kier molecular flexibility index (Phi) is 4.54. The molecule has 0 fully saturated rings. The lowest BCUT2D eigenvalue weighted by Crippen LogP contribution is -2.27. The molecule has 0 atom stereocenters. The Morgan fingerprint density at radius 2 is 2.12 bits per heavy atom. The van der Waals surface area contributed by atoms with Crippen LogP contribution in [0.5, 0.6) is 5.75 Å². The lowest BCUT2D eigenvalue weighted by molar-refractivity contribution is 0.0281. The van der Waals surface area contributed by atoms with Crippen LogP contribution in [0.25, 0.3) is 0 Å². The van der Waals surface area contributed by atoms with E-state index in [2.05, 4.69) is 20.7 Å². The van der Waals surface area contributed by atoms with Crippen molar-refractivity contribution in [2.24, 2.45) is 0 Å². The van der Waals surface area contributed by atoms with Crippen molar-refractivity contribution in [3.05, 3.63) is 28.2 Å². The third-order valence-corrected chi connectivity index (χ3v) is 2.55. The second-order valence-corrected chi connectivity index (χ2v) is 5.09. The molecular weight excluding hydrogens is 288 g/mol. The van der Waals surface area contributed by atoms with Crippen molar-refractivity contribution in [1.82, 2.24) is 0 Å². The predicted molar refractivity (Wildman–Crippen MR) is 67.3 cm³/mol. The van der Waals surface area contributed by atoms with E-state index in [0.29, 0.717) is 15.8 Å². The maximum Gasteiger partial charge on any atom is 0.337 e. The number of halogens is 1. The fourth-order valence-corrected chi connectivity index (χ4v) is 1.61. The molecule has 0 amide bonds. The molecule has 1 aromatic rings. The van der Waals surface area contributed by atoms with Gasteiger partial charge in [0.05, 0.1) is 22.7 Å². The number of benzene rings is 1. The zero-order valence-electron chi connectivity index (χ0n) is 9.99. The molecule has 5 heteroatoms. The van der Waals surface area contributed by atoms with Gasteiger partial charge < -0.3 is 14.6 Å². The van der Waals surface area contributed by atoms with Gasteiger partial charge in [-0.25, -0.2) is 4.79 Å². The van der Waals surface area contributed by atoms with Gasteiger partial charge in [-0.2, -0.15) is 0 Å². The van der Waals surface area contributed by atoms with Gasteiger partial charge in [0.15, 0.2) is 0 Å². The van der Waals surface area contributed by atoms with Gasteiger partial charge >= 0.3 is 5.97 Å². The van der Waals surface area contributed by atoms with Crippen molar-refractivity contribution in [1.29, 1.82) is 0 Å². The minimum Gasteiger partial charge on any atom is -0.489 e. The zero-order valence-corrected chi connectivity index (χ0v) is 11.6. The van der Waals surface area contributed by atoms with Crippen molar-refractivity contribution in [2.75, 3.05) is 13.7 Å². The van der Waals surface area contributed by atoms with Crippen LogP contribution in [0.3, 0.4) is 0 Å². The van der Waals surface area contributed by atoms with Gasteiger partial charge in [0, 0.05) is 0 Å². The first-order valence-electron chi connectivity index (χ1n) is 5.06. The molecule has 4 nitrogen and oxygen atoms in total. The number of hydrogen-bond donors (Lipinski definition) is 1. The molecule has 0 aliphatic rings. The van der Waals surface area contributed by atoms with Crippen LogP contribution in [0.1, 0.15) is 24.2 Å². The monoisotopic (exact) mass is 302 g/mol. The summed E-state index contributed by atoms with van der Waals surface area (Å²) in [6.45, 7) is 3.48. The van der Waals surface area contributed by atoms with E-state index in [4.69, 9.17) is 4.74 Å². The maximum atomic E-state index is 11.3. The van der Waals surface area contributed by atoms with E-state index in [-0.39, 0.29) is 6.61 Å². The molecule has 1 aromatic carbocycles. The summed E-state index contributed by atoms with van der Waals surface area (Å²) in [5.74, 6) is 0.166. The van der Waals surface area contributed by atoms with Gasteiger partial charge in [-0.05, 0) is 48.0 Å². The number of ether oxygens (including phenoxy) is 2. The van der Waals surface area contributed by atoms with Gasteiger partial charge in [-0.15, -0.1) is 0 Å². The van der Waals surface area contributed by atoms with Gasteiger partial charge in [0.2, 0.25) is 0 Å². The Morgan fingerprint density at radius 1 is 1.47 bits per heavy atom. The number of methoxy groups -OCH3 is 1. The quantitative estimate of drug-likeness (QED) is 0.868. The Morgan fingerprint density at radius 3 is 2.59 bits per heavy atom. The molecule has 0 heterocycles. The summed E-state index contributed by atoms with van der Waals surface area (Å²) in [6.07, 6.45) is 0. The van der Waals surface area contributed by atoms with Crippen LogP contribution >= 0.6 is 15.9 Å². The van der Waals surface area contributed by atoms with E-state index >= 15 is 0 Å². The molecule has 0 radical (unpaired) electrons. The highest BCUT2D eigenvalue weighted by molar-refractivity contribution is 9.10. The minimum absolute atomic E-state index is 0.170. The fraction of sp³-hybridized carbons (Fsp3) is 0.417. The number of hydrogen-bond acceptors (Lipinski definition) is 4. The van der Waals surface area contributed by atoms with Gasteiger partial charge in [0.1, 0.15) is 12.4 Å². The van der Waals surface area contributed by atoms with Crippen LogP contribution in [0.15, 0.2) is 22.7 Å². The van der Waals surface area contributed by atoms with Gasteiger partial charge in [0.25, 0.3) is 0 Å². The van der Waals surface area contributed by atoms with Crippen molar-refractivity contribution in [2.45, 2.75) is 19.4 Å². The smallest absolute Gasteiger partial charge is 0.337 e. The number of aliphatic hydroxyl groups is 1. The molecule has 17 heavy (non-hydrogen) atoms. The summed E-state index contributed by atoms with van der Waals surface area (Å²) in [4.78, 5) is 11.3. The van der Waals surface area contributed by atoms with E-state index in [9.17, 15) is 9.90 Å². The molecule has 0 spiro atoms. The van der Waals surface area contributed by atoms with Crippen LogP contribution < -0.4 is 4.74 Å². The average Bonchev–Trinajstić information content (AvgIpc) is 2.25. The standard InChI is InChI=1S/C12H15BrO4/c1-12(2,15)7-17-10-5-4-8(6-9(10)13)11(14)16-3/h4-6,15H,7H2,1-3H3. The number of rotatable bonds is 4. The summed E-state index contributed by atoms with van der Waals surface area (Å²) >= 11 is 3.30. The molecule has 0 aliphatic heterocycles. The Labute approximate surface area is 109 Å². The zero-order chi connectivity index (χ0) is 13.1. The van der Waals surface area contributed by atoms with E-state index in [1.54, 1.807) is 32.0 Å². The second-order valence-electron chi connectivity index (χ2n) is 4.24. The van der Waals surface area contributed by atoms with Crippen molar-refractivity contribution in [3.8, 4) is 5.75 Å². The lowest BCUT2D eigenvalue weighted by Gasteiger charge is -2.18. The summed E-state index contributed by atoms with van der Waals surface area (Å²) in [6, 6.07) is 4.88. The van der Waals surface area contributed by atoms with Crippen LogP contribution in [-0.2, 0) is 4.74 Å². The largest absolute Gasteiger partial charge is 0.489 e. The topological polar surface area (TPSA) is 55.8 Å². The normalized spacial score (nSPS) is 11.1. The first-order valence-corrected chi connectivity index (χ1v) is 5.86. The minimum atomic E-state index is -0.902.